The summed E-state index contributed by atoms with van der Waals surface area (Å²) >= 11 is 7.19. The second kappa shape index (κ2) is 15.1. The number of Topliss-reactive ketones (excluding diaryl/α,β-unsaturated/α-hetero) is 1. The zero-order chi connectivity index (χ0) is 32.7. The van der Waals surface area contributed by atoms with Crippen molar-refractivity contribution >= 4 is 57.3 Å². The number of hydrogen-bond donors (Lipinski definition) is 4. The minimum Gasteiger partial charge on any atom is -0.467 e. The normalized spacial score (nSPS) is 17.6. The molecule has 4 N–H and O–H groups in total. The van der Waals surface area contributed by atoms with Gasteiger partial charge in [-0.2, -0.15) is 0 Å². The highest BCUT2D eigenvalue weighted by molar-refractivity contribution is 7.99. The molecule has 10 nitrogen and oxygen atoms in total. The van der Waals surface area contributed by atoms with Crippen molar-refractivity contribution in [3.8, 4) is 5.75 Å². The lowest BCUT2D eigenvalue weighted by Gasteiger charge is -2.32. The van der Waals surface area contributed by atoms with Crippen molar-refractivity contribution < 1.29 is 24.2 Å². The number of aliphatic hydroxyl groups excluding tert-OH is 1. The van der Waals surface area contributed by atoms with Crippen molar-refractivity contribution in [1.29, 1.82) is 0 Å². The number of carbonyl (C=O) groups is 3. The maximum absolute atomic E-state index is 13.7. The smallest absolute Gasteiger partial charge is 0.254 e. The van der Waals surface area contributed by atoms with Gasteiger partial charge < -0.3 is 25.4 Å². The number of aromatic nitrogens is 1. The van der Waals surface area contributed by atoms with Gasteiger partial charge >= 0.3 is 0 Å². The summed E-state index contributed by atoms with van der Waals surface area (Å²) in [6.07, 6.45) is 1.16. The molecule has 1 saturated heterocycles. The molecule has 1 unspecified atom stereocenters. The molecular formula is C33H41N5O5S2. The van der Waals surface area contributed by atoms with Gasteiger partial charge in [-0.05, 0) is 58.7 Å². The first-order valence-electron chi connectivity index (χ1n) is 14.8. The van der Waals surface area contributed by atoms with E-state index >= 15 is 0 Å². The minimum atomic E-state index is -1.50. The molecular weight excluding hydrogens is 611 g/mol. The molecule has 0 radical (unpaired) electrons. The number of thiocarbonyl (C=S) groups is 1. The van der Waals surface area contributed by atoms with Gasteiger partial charge in [-0.3, -0.25) is 24.7 Å². The molecule has 2 amide bonds. The first-order chi connectivity index (χ1) is 21.3. The topological polar surface area (TPSA) is 133 Å². The third-order valence-electron chi connectivity index (χ3n) is 7.28. The Morgan fingerprint density at radius 1 is 1.13 bits per heavy atom. The van der Waals surface area contributed by atoms with Crippen LogP contribution in [0.4, 0.5) is 0 Å². The molecule has 240 valence electrons. The van der Waals surface area contributed by atoms with Crippen LogP contribution in [0, 0.1) is 0 Å². The number of thioether (sulfide) groups is 1. The van der Waals surface area contributed by atoms with E-state index in [1.54, 1.807) is 25.4 Å². The van der Waals surface area contributed by atoms with Crippen LogP contribution in [0.25, 0.3) is 10.8 Å². The predicted molar refractivity (Wildman–Crippen MR) is 181 cm³/mol. The number of benzene rings is 2. The van der Waals surface area contributed by atoms with Crippen LogP contribution in [0.3, 0.4) is 0 Å². The van der Waals surface area contributed by atoms with Gasteiger partial charge in [0.05, 0.1) is 22.9 Å². The highest BCUT2D eigenvalue weighted by Crippen LogP contribution is 2.26. The molecule has 1 aliphatic rings. The fourth-order valence-electron chi connectivity index (χ4n) is 4.95. The van der Waals surface area contributed by atoms with Crippen LogP contribution in [-0.4, -0.2) is 85.2 Å². The summed E-state index contributed by atoms with van der Waals surface area (Å²) in [5.74, 6) is 0.187. The monoisotopic (exact) mass is 651 g/mol. The van der Waals surface area contributed by atoms with Crippen molar-refractivity contribution in [3.05, 3.63) is 72.6 Å². The van der Waals surface area contributed by atoms with Gasteiger partial charge in [0.2, 0.25) is 12.1 Å². The van der Waals surface area contributed by atoms with E-state index in [9.17, 15) is 19.5 Å². The standard InChI is InChI=1S/C33H41N5O5S2/c1-20(35-30(21(2)39)43-27-13-9-12-23-17-34-15-14-24(23)27)31(44)36-25(16-22-10-7-6-8-11-22)28(40)32(42)38-19-45-18-26(38)29(41)37-33(3,4)5/h6-15,17,20,25-26,28,30,35,40H,16,18-19H2,1-5H3,(H,36,44)(H,37,41)/t20-,25-,26?,28-,30+/m0/s1. The van der Waals surface area contributed by atoms with Gasteiger partial charge in [-0.25, -0.2) is 0 Å². The van der Waals surface area contributed by atoms with Gasteiger partial charge in [0.25, 0.3) is 5.91 Å². The lowest BCUT2D eigenvalue weighted by atomic mass is 9.99. The maximum atomic E-state index is 13.7. The van der Waals surface area contributed by atoms with Crippen LogP contribution in [0.2, 0.25) is 0 Å². The van der Waals surface area contributed by atoms with Crippen LogP contribution in [-0.2, 0) is 20.8 Å². The molecule has 2 heterocycles. The fourth-order valence-corrected chi connectivity index (χ4v) is 6.33. The van der Waals surface area contributed by atoms with Gasteiger partial charge in [-0.15, -0.1) is 11.8 Å². The third-order valence-corrected chi connectivity index (χ3v) is 8.76. The molecule has 4 rings (SSSR count). The zero-order valence-electron chi connectivity index (χ0n) is 26.2. The van der Waals surface area contributed by atoms with Crippen LogP contribution in [0.5, 0.6) is 5.75 Å². The molecule has 45 heavy (non-hydrogen) atoms. The fraction of sp³-hybridized carbons (Fsp3) is 0.424. The number of nitrogens with zero attached hydrogens (tertiary/aromatic N) is 2. The Morgan fingerprint density at radius 3 is 2.56 bits per heavy atom. The van der Waals surface area contributed by atoms with E-state index < -0.39 is 41.9 Å². The van der Waals surface area contributed by atoms with Crippen LogP contribution >= 0.6 is 24.0 Å². The van der Waals surface area contributed by atoms with E-state index in [1.165, 1.54) is 23.6 Å². The maximum Gasteiger partial charge on any atom is 0.254 e. The average molecular weight is 652 g/mol. The van der Waals surface area contributed by atoms with Gasteiger partial charge in [0, 0.05) is 34.5 Å². The van der Waals surface area contributed by atoms with E-state index in [0.717, 1.165) is 16.3 Å². The van der Waals surface area contributed by atoms with Crippen molar-refractivity contribution in [2.45, 2.75) is 77.0 Å². The lowest BCUT2D eigenvalue weighted by Crippen LogP contribution is -2.59. The van der Waals surface area contributed by atoms with E-state index in [1.807, 2.05) is 69.3 Å². The van der Waals surface area contributed by atoms with E-state index in [4.69, 9.17) is 17.0 Å². The molecule has 1 fully saturated rings. The molecule has 3 aromatic rings. The summed E-state index contributed by atoms with van der Waals surface area (Å²) in [6.45, 7) is 8.84. The number of nitrogens with one attached hydrogen (secondary N) is 3. The Hall–Kier alpha value is -3.58. The number of hydrogen-bond acceptors (Lipinski definition) is 9. The van der Waals surface area contributed by atoms with Gasteiger partial charge in [-0.1, -0.05) is 54.7 Å². The number of carbonyl (C=O) groups excluding carboxylic acids is 3. The molecule has 1 aliphatic heterocycles. The molecule has 0 aliphatic carbocycles. The number of rotatable bonds is 12. The Kier molecular flexibility index (Phi) is 11.5. The molecule has 12 heteroatoms. The van der Waals surface area contributed by atoms with E-state index in [0.29, 0.717) is 17.4 Å². The second-order valence-corrected chi connectivity index (χ2v) is 13.6. The molecule has 2 aromatic carbocycles. The highest BCUT2D eigenvalue weighted by atomic mass is 32.2. The highest BCUT2D eigenvalue weighted by Gasteiger charge is 2.40. The van der Waals surface area contributed by atoms with Crippen molar-refractivity contribution in [2.75, 3.05) is 11.6 Å². The number of ketones is 1. The number of ether oxygens (including phenoxy) is 1. The minimum absolute atomic E-state index is 0.252. The Labute approximate surface area is 273 Å². The van der Waals surface area contributed by atoms with E-state index in [-0.39, 0.29) is 23.1 Å². The quantitative estimate of drug-likeness (QED) is 0.171. The number of amides is 2. The van der Waals surface area contributed by atoms with Crippen LogP contribution in [0.15, 0.2) is 67.0 Å². The average Bonchev–Trinajstić information content (AvgIpc) is 3.50. The predicted octanol–water partition coefficient (Wildman–Crippen LogP) is 3.21. The largest absolute Gasteiger partial charge is 0.467 e. The summed E-state index contributed by atoms with van der Waals surface area (Å²) in [5, 5.41) is 22.4. The third kappa shape index (κ3) is 9.23. The van der Waals surface area contributed by atoms with Crippen LogP contribution < -0.4 is 20.7 Å². The lowest BCUT2D eigenvalue weighted by molar-refractivity contribution is -0.146. The summed E-state index contributed by atoms with van der Waals surface area (Å²) in [4.78, 5) is 45.2. The van der Waals surface area contributed by atoms with Crippen LogP contribution in [0.1, 0.15) is 40.2 Å². The summed E-state index contributed by atoms with van der Waals surface area (Å²) in [5.41, 5.74) is 0.426. The van der Waals surface area contributed by atoms with E-state index in [2.05, 4.69) is 20.9 Å². The molecule has 0 spiro atoms. The molecule has 1 aromatic heterocycles. The number of fused-ring (bicyclic) bond motifs is 1. The summed E-state index contributed by atoms with van der Waals surface area (Å²) in [7, 11) is 0. The van der Waals surface area contributed by atoms with Gasteiger partial charge in [0.15, 0.2) is 11.9 Å². The van der Waals surface area contributed by atoms with Crippen molar-refractivity contribution in [3.63, 3.8) is 0 Å². The van der Waals surface area contributed by atoms with Gasteiger partial charge in [0.1, 0.15) is 11.8 Å². The number of pyridine rings is 1. The first-order valence-corrected chi connectivity index (χ1v) is 16.4. The second-order valence-electron chi connectivity index (χ2n) is 12.2. The summed E-state index contributed by atoms with van der Waals surface area (Å²) in [6, 6.07) is 14.7. The Balaban J connectivity index is 1.49. The van der Waals surface area contributed by atoms with Crippen molar-refractivity contribution in [2.24, 2.45) is 0 Å². The number of aliphatic hydroxyl groups is 1. The zero-order valence-corrected chi connectivity index (χ0v) is 27.8. The first kappa shape index (κ1) is 34.3. The SMILES string of the molecule is CC(=O)[C@H](N[C@@H](C)C(=S)N[C@@H](Cc1ccccc1)[C@H](O)C(=O)N1CSCC1C(=O)NC(C)(C)C)Oc1cccc2cnccc12. The Morgan fingerprint density at radius 2 is 1.87 bits per heavy atom. The molecule has 0 bridgehead atoms. The van der Waals surface area contributed by atoms with Crippen molar-refractivity contribution in [1.82, 2.24) is 25.8 Å². The Bertz CT molecular complexity index is 1510. The molecule has 0 saturated carbocycles. The summed E-state index contributed by atoms with van der Waals surface area (Å²) < 4.78 is 6.11. The molecule has 5 atom stereocenters.